The van der Waals surface area contributed by atoms with Crippen molar-refractivity contribution in [2.75, 3.05) is 39.9 Å². The van der Waals surface area contributed by atoms with Gasteiger partial charge in [0.1, 0.15) is 0 Å². The summed E-state index contributed by atoms with van der Waals surface area (Å²) >= 11 is 0. The first-order valence-electron chi connectivity index (χ1n) is 7.26. The molecule has 3 nitrogen and oxygen atoms in total. The number of hydrogen-bond donors (Lipinski definition) is 1. The van der Waals surface area contributed by atoms with E-state index in [-0.39, 0.29) is 0 Å². The normalized spacial score (nSPS) is 19.2. The van der Waals surface area contributed by atoms with Crippen molar-refractivity contribution in [3.8, 4) is 0 Å². The summed E-state index contributed by atoms with van der Waals surface area (Å²) in [7, 11) is 2.18. The number of aryl methyl sites for hydroxylation is 1. The number of nitrogens with zero attached hydrogens (tertiary/aromatic N) is 1. The zero-order valence-electron chi connectivity index (χ0n) is 12.2. The zero-order chi connectivity index (χ0) is 13.5. The van der Waals surface area contributed by atoms with Crippen LogP contribution in [0.2, 0.25) is 0 Å². The molecule has 0 amide bonds. The molecule has 0 spiro atoms. The van der Waals surface area contributed by atoms with Gasteiger partial charge in [0.05, 0.1) is 6.61 Å². The summed E-state index contributed by atoms with van der Waals surface area (Å²) in [4.78, 5) is 2.36. The molecule has 1 fully saturated rings. The lowest BCUT2D eigenvalue weighted by Gasteiger charge is -2.18. The zero-order valence-corrected chi connectivity index (χ0v) is 12.2. The van der Waals surface area contributed by atoms with Crippen LogP contribution < -0.4 is 5.32 Å². The number of rotatable bonds is 7. The van der Waals surface area contributed by atoms with Gasteiger partial charge in [0.15, 0.2) is 0 Å². The van der Waals surface area contributed by atoms with Crippen molar-refractivity contribution in [1.29, 1.82) is 0 Å². The standard InChI is InChI=1S/C16H26N2O/c1-14-3-5-15(6-4-14)12-18(2)9-8-17-11-16-7-10-19-13-16/h3-6,16-17H,7-13H2,1-2H3. The van der Waals surface area contributed by atoms with Crippen LogP contribution in [-0.2, 0) is 11.3 Å². The van der Waals surface area contributed by atoms with Crippen LogP contribution in [0.15, 0.2) is 24.3 Å². The molecular weight excluding hydrogens is 236 g/mol. The molecule has 1 aliphatic heterocycles. The highest BCUT2D eigenvalue weighted by Crippen LogP contribution is 2.10. The predicted octanol–water partition coefficient (Wildman–Crippen LogP) is 2.05. The van der Waals surface area contributed by atoms with Crippen molar-refractivity contribution >= 4 is 0 Å². The molecule has 0 bridgehead atoms. The molecule has 3 heteroatoms. The van der Waals surface area contributed by atoms with Gasteiger partial charge in [-0.15, -0.1) is 0 Å². The van der Waals surface area contributed by atoms with E-state index in [4.69, 9.17) is 4.74 Å². The van der Waals surface area contributed by atoms with Crippen LogP contribution in [-0.4, -0.2) is 44.8 Å². The molecule has 19 heavy (non-hydrogen) atoms. The molecule has 0 saturated carbocycles. The average Bonchev–Trinajstić information content (AvgIpc) is 2.91. The summed E-state index contributed by atoms with van der Waals surface area (Å²) < 4.78 is 5.37. The van der Waals surface area contributed by atoms with E-state index in [9.17, 15) is 0 Å². The lowest BCUT2D eigenvalue weighted by molar-refractivity contribution is 0.185. The maximum Gasteiger partial charge on any atom is 0.0507 e. The Morgan fingerprint density at radius 1 is 1.32 bits per heavy atom. The third-order valence-electron chi connectivity index (χ3n) is 3.70. The third kappa shape index (κ3) is 5.31. The summed E-state index contributed by atoms with van der Waals surface area (Å²) in [6, 6.07) is 8.80. The Balaban J connectivity index is 1.58. The lowest BCUT2D eigenvalue weighted by atomic mass is 10.1. The van der Waals surface area contributed by atoms with Gasteiger partial charge in [0.25, 0.3) is 0 Å². The molecule has 1 unspecified atom stereocenters. The molecule has 0 radical (unpaired) electrons. The summed E-state index contributed by atoms with van der Waals surface area (Å²) in [5.41, 5.74) is 2.71. The molecule has 1 heterocycles. The van der Waals surface area contributed by atoms with Gasteiger partial charge in [0, 0.05) is 32.8 Å². The summed E-state index contributed by atoms with van der Waals surface area (Å²) in [6.45, 7) is 8.27. The molecule has 1 atom stereocenters. The van der Waals surface area contributed by atoms with Crippen LogP contribution in [0, 0.1) is 12.8 Å². The molecule has 1 N–H and O–H groups in total. The quantitative estimate of drug-likeness (QED) is 0.761. The fourth-order valence-electron chi connectivity index (χ4n) is 2.40. The van der Waals surface area contributed by atoms with Gasteiger partial charge in [-0.3, -0.25) is 0 Å². The molecular formula is C16H26N2O. The third-order valence-corrected chi connectivity index (χ3v) is 3.70. The predicted molar refractivity (Wildman–Crippen MR) is 79.3 cm³/mol. The Kier molecular flexibility index (Phi) is 5.83. The largest absolute Gasteiger partial charge is 0.381 e. The second-order valence-corrected chi connectivity index (χ2v) is 5.66. The number of ether oxygens (including phenoxy) is 1. The highest BCUT2D eigenvalue weighted by Gasteiger charge is 2.14. The molecule has 1 aromatic rings. The fraction of sp³-hybridized carbons (Fsp3) is 0.625. The number of hydrogen-bond acceptors (Lipinski definition) is 3. The molecule has 2 rings (SSSR count). The topological polar surface area (TPSA) is 24.5 Å². The summed E-state index contributed by atoms with van der Waals surface area (Å²) in [6.07, 6.45) is 1.21. The van der Waals surface area contributed by atoms with E-state index in [1.54, 1.807) is 0 Å². The van der Waals surface area contributed by atoms with E-state index >= 15 is 0 Å². The van der Waals surface area contributed by atoms with E-state index in [1.807, 2.05) is 0 Å². The maximum absolute atomic E-state index is 5.37. The molecule has 1 aromatic carbocycles. The van der Waals surface area contributed by atoms with E-state index in [2.05, 4.69) is 48.5 Å². The van der Waals surface area contributed by atoms with Crippen LogP contribution >= 0.6 is 0 Å². The average molecular weight is 262 g/mol. The van der Waals surface area contributed by atoms with Crippen molar-refractivity contribution < 1.29 is 4.74 Å². The van der Waals surface area contributed by atoms with Crippen molar-refractivity contribution in [2.24, 2.45) is 5.92 Å². The molecule has 0 aromatic heterocycles. The van der Waals surface area contributed by atoms with E-state index in [0.717, 1.165) is 45.3 Å². The van der Waals surface area contributed by atoms with Crippen molar-refractivity contribution in [3.63, 3.8) is 0 Å². The second kappa shape index (κ2) is 7.63. The summed E-state index contributed by atoms with van der Waals surface area (Å²) in [5.74, 6) is 0.724. The molecule has 1 aliphatic rings. The van der Waals surface area contributed by atoms with Crippen molar-refractivity contribution in [3.05, 3.63) is 35.4 Å². The minimum atomic E-state index is 0.724. The highest BCUT2D eigenvalue weighted by molar-refractivity contribution is 5.21. The second-order valence-electron chi connectivity index (χ2n) is 5.66. The Morgan fingerprint density at radius 3 is 2.79 bits per heavy atom. The molecule has 1 saturated heterocycles. The Labute approximate surface area is 116 Å². The van der Waals surface area contributed by atoms with Crippen molar-refractivity contribution in [2.45, 2.75) is 19.9 Å². The SMILES string of the molecule is Cc1ccc(CN(C)CCNCC2CCOC2)cc1. The highest BCUT2D eigenvalue weighted by atomic mass is 16.5. The number of nitrogens with one attached hydrogen (secondary N) is 1. The van der Waals surface area contributed by atoms with Gasteiger partial charge in [-0.2, -0.15) is 0 Å². The fourth-order valence-corrected chi connectivity index (χ4v) is 2.40. The lowest BCUT2D eigenvalue weighted by Crippen LogP contribution is -2.32. The van der Waals surface area contributed by atoms with Gasteiger partial charge >= 0.3 is 0 Å². The Morgan fingerprint density at radius 2 is 2.11 bits per heavy atom. The Hall–Kier alpha value is -0.900. The van der Waals surface area contributed by atoms with Crippen LogP contribution in [0.4, 0.5) is 0 Å². The number of benzene rings is 1. The van der Waals surface area contributed by atoms with Gasteiger partial charge < -0.3 is 15.0 Å². The van der Waals surface area contributed by atoms with Gasteiger partial charge in [0.2, 0.25) is 0 Å². The Bertz CT molecular complexity index is 358. The van der Waals surface area contributed by atoms with Gasteiger partial charge in [-0.25, -0.2) is 0 Å². The monoisotopic (exact) mass is 262 g/mol. The van der Waals surface area contributed by atoms with E-state index in [0.29, 0.717) is 0 Å². The van der Waals surface area contributed by atoms with Crippen LogP contribution in [0.25, 0.3) is 0 Å². The smallest absolute Gasteiger partial charge is 0.0507 e. The first-order valence-corrected chi connectivity index (χ1v) is 7.26. The minimum absolute atomic E-state index is 0.724. The van der Waals surface area contributed by atoms with Gasteiger partial charge in [-0.05, 0) is 31.9 Å². The minimum Gasteiger partial charge on any atom is -0.381 e. The van der Waals surface area contributed by atoms with Crippen LogP contribution in [0.3, 0.4) is 0 Å². The van der Waals surface area contributed by atoms with E-state index in [1.165, 1.54) is 17.5 Å². The van der Waals surface area contributed by atoms with Crippen LogP contribution in [0.1, 0.15) is 17.5 Å². The first kappa shape index (κ1) is 14.5. The van der Waals surface area contributed by atoms with Crippen molar-refractivity contribution in [1.82, 2.24) is 10.2 Å². The van der Waals surface area contributed by atoms with E-state index < -0.39 is 0 Å². The number of likely N-dealkylation sites (N-methyl/N-ethyl adjacent to an activating group) is 1. The first-order chi connectivity index (χ1) is 9.24. The molecule has 0 aliphatic carbocycles. The van der Waals surface area contributed by atoms with Gasteiger partial charge in [-0.1, -0.05) is 29.8 Å². The molecule has 106 valence electrons. The van der Waals surface area contributed by atoms with Crippen LogP contribution in [0.5, 0.6) is 0 Å². The summed E-state index contributed by atoms with van der Waals surface area (Å²) in [5, 5.41) is 3.53. The maximum atomic E-state index is 5.37.